The fraction of sp³-hybridized carbons (Fsp3) is 0.106. The van der Waals surface area contributed by atoms with Gasteiger partial charge in [0.15, 0.2) is 34.7 Å². The van der Waals surface area contributed by atoms with E-state index in [2.05, 4.69) is 183 Å². The van der Waals surface area contributed by atoms with Crippen LogP contribution in [0, 0.1) is 0 Å². The van der Waals surface area contributed by atoms with Gasteiger partial charge in [-0.3, -0.25) is 14.4 Å². The Kier molecular flexibility index (Phi) is 10.9. The number of aryl methyl sites for hydroxylation is 4. The summed E-state index contributed by atoms with van der Waals surface area (Å²) in [5.74, 6) is 4.70. The molecule has 0 bridgehead atoms. The third-order valence-electron chi connectivity index (χ3n) is 21.4. The molecule has 0 aliphatic carbocycles. The van der Waals surface area contributed by atoms with Crippen LogP contribution in [-0.2, 0) is 60.7 Å². The SMILES string of the molecule is C[n+]1c2n(c3cc4ccncn4c31)Cc1ccccc1-2.[2H]C([2H])([2H])[n+]1c2n(c3cc4ccncn4c31)Cc1ccccc1-2.[2H]C([2H])([2H])n1c2[n+](c3oc4ccncc4c31)Cc1ccccc1-2.[2H]C([2H])([2H])n1c2[n+](c3sc4ccncc4c31)Cc1ccccc1-2.c1ccc(-n2c3[n+](c4cc5ccncn5c42)Cc2ccccc2-3)cc1. The van der Waals surface area contributed by atoms with Crippen molar-refractivity contribution in [3.05, 3.63) is 290 Å². The van der Waals surface area contributed by atoms with Crippen LogP contribution in [0.5, 0.6) is 0 Å². The summed E-state index contributed by atoms with van der Waals surface area (Å²) in [6.45, 7) is -2.93. The molecule has 20 heteroatoms. The first kappa shape index (κ1) is 50.8. The van der Waals surface area contributed by atoms with Crippen molar-refractivity contribution in [1.29, 1.82) is 0 Å². The predicted octanol–water partition coefficient (Wildman–Crippen LogP) is 13.6. The Hall–Kier alpha value is -13.5. The standard InChI is InChI=1S/C21H15N4.2C16H13N4.C16H12N3O.C16H12N3S/c1-2-7-16(8-3-1)25-20-18-9-5-4-6-15(18)13-23(20)19-12-17-10-11-22-14-24(17)21(19)25;2*1-18-15-13-5-3-2-4-11(13)9-19(15)14-8-12-6-7-17-10-20(12)16(14)18;2*1-18-14-12-8-17-7-6-13(12)20-16(14)19-9-10-4-2-3-5-11(10)15(18)19/h1-12,14H,13H2;2*2-8,10H,9H2,1H3;2*2-8H,9H2,1H3/q5*+1/i;1D3;;2*1D3. The Bertz CT molecular complexity index is 7190. The highest BCUT2D eigenvalue weighted by Gasteiger charge is 2.40. The molecule has 0 N–H and O–H groups in total. The Morgan fingerprint density at radius 1 is 0.438 bits per heavy atom. The summed E-state index contributed by atoms with van der Waals surface area (Å²) in [6, 6.07) is 68.0. The Morgan fingerprint density at radius 2 is 0.924 bits per heavy atom. The number of imidazole rings is 5. The monoisotopic (exact) mass is 1390 g/mol. The van der Waals surface area contributed by atoms with Gasteiger partial charge in [-0.25, -0.2) is 60.3 Å². The minimum atomic E-state index is -2.30. The number of para-hydroxylation sites is 1. The molecule has 502 valence electrons. The van der Waals surface area contributed by atoms with Gasteiger partial charge in [-0.05, 0) is 77.9 Å². The van der Waals surface area contributed by atoms with Crippen molar-refractivity contribution >= 4 is 104 Å². The predicted molar refractivity (Wildman–Crippen MR) is 406 cm³/mol. The first-order valence-electron chi connectivity index (χ1n) is 39.1. The van der Waals surface area contributed by atoms with Gasteiger partial charge in [-0.1, -0.05) is 121 Å². The molecule has 21 aromatic rings. The Labute approximate surface area is 615 Å². The number of fused-ring (bicyclic) bond motifs is 35. The first-order valence-corrected chi connectivity index (χ1v) is 35.5. The maximum Gasteiger partial charge on any atom is 0.339 e. The van der Waals surface area contributed by atoms with Gasteiger partial charge in [-0.2, -0.15) is 9.13 Å². The molecule has 5 aliphatic rings. The number of hydrogen-bond donors (Lipinski definition) is 0. The Balaban J connectivity index is 0.0000000870. The molecule has 0 amide bonds. The van der Waals surface area contributed by atoms with Crippen molar-refractivity contribution in [2.45, 2.75) is 32.7 Å². The van der Waals surface area contributed by atoms with Gasteiger partial charge in [0.2, 0.25) is 22.0 Å². The van der Waals surface area contributed by atoms with Crippen LogP contribution >= 0.6 is 11.3 Å². The van der Waals surface area contributed by atoms with E-state index in [1.807, 2.05) is 113 Å². The summed E-state index contributed by atoms with van der Waals surface area (Å²) in [6.07, 6.45) is 17.7. The van der Waals surface area contributed by atoms with E-state index in [0.29, 0.717) is 47.9 Å². The zero-order chi connectivity index (χ0) is 76.9. The lowest BCUT2D eigenvalue weighted by atomic mass is 10.1. The van der Waals surface area contributed by atoms with Gasteiger partial charge < -0.3 is 4.42 Å². The van der Waals surface area contributed by atoms with Crippen molar-refractivity contribution in [2.75, 3.05) is 0 Å². The minimum Gasteiger partial charge on any atom is -0.419 e. The molecule has 20 heterocycles. The Morgan fingerprint density at radius 3 is 1.54 bits per heavy atom. The first-order chi connectivity index (χ1) is 55.4. The van der Waals surface area contributed by atoms with Crippen LogP contribution in [0.25, 0.3) is 155 Å². The number of aromatic nitrogens is 18. The molecular weight excluding hydrogens is 1320 g/mol. The van der Waals surface area contributed by atoms with Crippen LogP contribution in [0.4, 0.5) is 0 Å². The lowest BCUT2D eigenvalue weighted by Gasteiger charge is -2.02. The van der Waals surface area contributed by atoms with Gasteiger partial charge >= 0.3 is 5.71 Å². The molecule has 0 atom stereocenters. The molecule has 0 saturated heterocycles. The molecule has 6 aromatic carbocycles. The summed E-state index contributed by atoms with van der Waals surface area (Å²) in [7, 11) is 2.13. The maximum absolute atomic E-state index is 8.06. The number of thiophene rings is 1. The zero-order valence-corrected chi connectivity index (χ0v) is 57.0. The molecule has 0 unspecified atom stereocenters. The number of pyridine rings is 2. The zero-order valence-electron chi connectivity index (χ0n) is 65.2. The van der Waals surface area contributed by atoms with Gasteiger partial charge in [0.05, 0.1) is 97.5 Å². The van der Waals surface area contributed by atoms with Crippen LogP contribution in [0.15, 0.2) is 267 Å². The molecule has 0 spiro atoms. The van der Waals surface area contributed by atoms with Crippen molar-refractivity contribution in [3.63, 3.8) is 0 Å². The van der Waals surface area contributed by atoms with Crippen LogP contribution in [0.2, 0.25) is 0 Å². The van der Waals surface area contributed by atoms with E-state index in [9.17, 15) is 0 Å². The highest BCUT2D eigenvalue weighted by Crippen LogP contribution is 2.41. The third kappa shape index (κ3) is 8.53. The van der Waals surface area contributed by atoms with E-state index >= 15 is 0 Å². The molecule has 0 fully saturated rings. The van der Waals surface area contributed by atoms with E-state index < -0.39 is 20.9 Å². The highest BCUT2D eigenvalue weighted by atomic mass is 32.1. The van der Waals surface area contributed by atoms with Crippen LogP contribution < -0.4 is 22.8 Å². The van der Waals surface area contributed by atoms with E-state index in [-0.39, 0.29) is 0 Å². The number of furan rings is 1. The van der Waals surface area contributed by atoms with Gasteiger partial charge in [0.1, 0.15) is 48.3 Å². The molecule has 0 saturated carbocycles. The molecule has 0 radical (unpaired) electrons. The highest BCUT2D eigenvalue weighted by molar-refractivity contribution is 7.25. The maximum atomic E-state index is 8.06. The molecule has 26 rings (SSSR count). The van der Waals surface area contributed by atoms with Gasteiger partial charge in [0.25, 0.3) is 34.4 Å². The molecule has 5 aliphatic heterocycles. The summed E-state index contributed by atoms with van der Waals surface area (Å²) in [5, 5.41) is 1.63. The second kappa shape index (κ2) is 22.5. The minimum absolute atomic E-state index is 0.579. The van der Waals surface area contributed by atoms with E-state index in [1.54, 1.807) is 54.7 Å². The molecule has 105 heavy (non-hydrogen) atoms. The number of nitrogens with zero attached hydrogens (tertiary/aromatic N) is 18. The summed E-state index contributed by atoms with van der Waals surface area (Å²) in [4.78, 5) is 22.0. The summed E-state index contributed by atoms with van der Waals surface area (Å²) >= 11 is 1.63. The normalized spacial score (nSPS) is 14.6. The van der Waals surface area contributed by atoms with Gasteiger partial charge in [-0.15, -0.1) is 0 Å². The fourth-order valence-electron chi connectivity index (χ4n) is 16.9. The molecule has 15 aromatic heterocycles. The number of benzene rings is 6. The second-order valence-corrected chi connectivity index (χ2v) is 28.0. The largest absolute Gasteiger partial charge is 0.419 e. The van der Waals surface area contributed by atoms with Crippen molar-refractivity contribution < 1.29 is 39.6 Å². The quantitative estimate of drug-likeness (QED) is 0.150. The third-order valence-corrected chi connectivity index (χ3v) is 22.6. The number of hydrogen-bond acceptors (Lipinski definition) is 7. The molecular formula is C85H65N18OS+5. The van der Waals surface area contributed by atoms with E-state index in [1.165, 1.54) is 81.1 Å². The van der Waals surface area contributed by atoms with Crippen molar-refractivity contribution in [1.82, 2.24) is 61.0 Å². The summed E-state index contributed by atoms with van der Waals surface area (Å²) < 4.78 is 106. The van der Waals surface area contributed by atoms with Crippen molar-refractivity contribution in [3.8, 4) is 62.6 Å². The average Bonchev–Trinajstić information content (AvgIpc) is 1.52. The van der Waals surface area contributed by atoms with Crippen LogP contribution in [0.1, 0.15) is 40.2 Å². The van der Waals surface area contributed by atoms with Crippen LogP contribution in [0.3, 0.4) is 0 Å². The van der Waals surface area contributed by atoms with Crippen LogP contribution in [-0.4, -0.2) is 61.0 Å². The average molecular weight is 1400 g/mol. The fourth-order valence-corrected chi connectivity index (χ4v) is 18.1. The topological polar surface area (TPSA) is 135 Å². The van der Waals surface area contributed by atoms with E-state index in [4.69, 9.17) is 16.8 Å². The summed E-state index contributed by atoms with van der Waals surface area (Å²) in [5.41, 5.74) is 25.2. The second-order valence-electron chi connectivity index (χ2n) is 27.0. The van der Waals surface area contributed by atoms with E-state index in [0.717, 1.165) is 100 Å². The smallest absolute Gasteiger partial charge is 0.339 e. The lowest BCUT2D eigenvalue weighted by molar-refractivity contribution is -0.652. The number of rotatable bonds is 1. The van der Waals surface area contributed by atoms with Crippen molar-refractivity contribution in [2.24, 2.45) is 28.0 Å². The molecule has 19 nitrogen and oxygen atoms in total. The van der Waals surface area contributed by atoms with Gasteiger partial charge in [0, 0.05) is 89.0 Å². The lowest BCUT2D eigenvalue weighted by Crippen LogP contribution is -2.31.